The Labute approximate surface area is 155 Å². The van der Waals surface area contributed by atoms with Crippen molar-refractivity contribution in [1.29, 1.82) is 0 Å². The maximum absolute atomic E-state index is 12.3. The van der Waals surface area contributed by atoms with Crippen LogP contribution in [-0.2, 0) is 14.6 Å². The topological polar surface area (TPSA) is 82.6 Å². The second kappa shape index (κ2) is 8.35. The molecule has 0 unspecified atom stereocenters. The summed E-state index contributed by atoms with van der Waals surface area (Å²) in [5.41, 5.74) is 0. The number of nitrogens with zero attached hydrogens (tertiary/aromatic N) is 3. The van der Waals surface area contributed by atoms with Crippen molar-refractivity contribution in [1.82, 2.24) is 15.2 Å². The lowest BCUT2D eigenvalue weighted by atomic mass is 9.95. The summed E-state index contributed by atoms with van der Waals surface area (Å²) in [6, 6.07) is 3.58. The summed E-state index contributed by atoms with van der Waals surface area (Å²) in [5.74, 6) is 0.612. The van der Waals surface area contributed by atoms with E-state index in [1.165, 1.54) is 25.5 Å². The minimum Gasteiger partial charge on any atom is -0.353 e. The predicted molar refractivity (Wildman–Crippen MR) is 101 cm³/mol. The van der Waals surface area contributed by atoms with Crippen molar-refractivity contribution in [2.45, 2.75) is 43.0 Å². The minimum absolute atomic E-state index is 0.0972. The van der Waals surface area contributed by atoms with Crippen LogP contribution < -0.4 is 10.2 Å². The smallest absolute Gasteiger partial charge is 0.234 e. The average molecular weight is 381 g/mol. The van der Waals surface area contributed by atoms with Gasteiger partial charge in [0.05, 0.1) is 6.54 Å². The Balaban J connectivity index is 1.52. The number of nitrogens with one attached hydrogen (secondary N) is 1. The fraction of sp³-hybridized carbons (Fsp3) is 0.667. The van der Waals surface area contributed by atoms with Crippen LogP contribution in [0.15, 0.2) is 23.2 Å². The van der Waals surface area contributed by atoms with Gasteiger partial charge in [0, 0.05) is 44.7 Å². The molecule has 1 N–H and O–H groups in total. The van der Waals surface area contributed by atoms with Crippen LogP contribution in [0.1, 0.15) is 32.1 Å². The van der Waals surface area contributed by atoms with Gasteiger partial charge in [0.25, 0.3) is 0 Å². The first kappa shape index (κ1) is 19.1. The molecule has 1 aliphatic heterocycles. The lowest BCUT2D eigenvalue weighted by molar-refractivity contribution is -0.123. The van der Waals surface area contributed by atoms with Crippen molar-refractivity contribution in [2.75, 3.05) is 43.9 Å². The molecule has 2 fully saturated rings. The Morgan fingerprint density at radius 3 is 2.54 bits per heavy atom. The lowest BCUT2D eigenvalue weighted by Crippen LogP contribution is -2.51. The first-order valence-electron chi connectivity index (χ1n) is 9.35. The van der Waals surface area contributed by atoms with Crippen molar-refractivity contribution in [3.8, 4) is 0 Å². The molecule has 1 amide bonds. The van der Waals surface area contributed by atoms with Gasteiger partial charge in [0.15, 0.2) is 9.84 Å². The van der Waals surface area contributed by atoms with Gasteiger partial charge >= 0.3 is 0 Å². The SMILES string of the molecule is CS(=O)(=O)c1cccnc1N1CCN(CC(=O)NC2CCCCC2)CC1. The Bertz CT molecular complexity index is 724. The monoisotopic (exact) mass is 380 g/mol. The molecule has 0 bridgehead atoms. The normalized spacial score (nSPS) is 20.1. The number of anilines is 1. The van der Waals surface area contributed by atoms with Crippen LogP contribution in [0.4, 0.5) is 5.82 Å². The van der Waals surface area contributed by atoms with Crippen molar-refractivity contribution in [2.24, 2.45) is 0 Å². The fourth-order valence-corrected chi connectivity index (χ4v) is 4.59. The summed E-state index contributed by atoms with van der Waals surface area (Å²) >= 11 is 0. The summed E-state index contributed by atoms with van der Waals surface area (Å²) in [6.07, 6.45) is 8.69. The molecule has 2 aliphatic rings. The second-order valence-electron chi connectivity index (χ2n) is 7.26. The zero-order valence-corrected chi connectivity index (χ0v) is 16.2. The molecule has 0 aromatic carbocycles. The number of pyridine rings is 1. The fourth-order valence-electron chi connectivity index (χ4n) is 3.75. The molecule has 7 nitrogen and oxygen atoms in total. The number of hydrogen-bond donors (Lipinski definition) is 1. The van der Waals surface area contributed by atoms with Crippen molar-refractivity contribution < 1.29 is 13.2 Å². The third kappa shape index (κ3) is 4.94. The zero-order chi connectivity index (χ0) is 18.6. The van der Waals surface area contributed by atoms with Crippen LogP contribution in [0, 0.1) is 0 Å². The van der Waals surface area contributed by atoms with Gasteiger partial charge in [0.1, 0.15) is 10.7 Å². The van der Waals surface area contributed by atoms with Gasteiger partial charge in [-0.05, 0) is 25.0 Å². The molecule has 1 aliphatic carbocycles. The summed E-state index contributed by atoms with van der Waals surface area (Å²) < 4.78 is 23.9. The molecule has 2 heterocycles. The standard InChI is InChI=1S/C18H28N4O3S/c1-26(24,25)16-8-5-9-19-18(16)22-12-10-21(11-13-22)14-17(23)20-15-6-3-2-4-7-15/h5,8-9,15H,2-4,6-7,10-14H2,1H3,(H,20,23). The lowest BCUT2D eigenvalue weighted by Gasteiger charge is -2.36. The number of piperazine rings is 1. The predicted octanol–water partition coefficient (Wildman–Crippen LogP) is 1.06. The highest BCUT2D eigenvalue weighted by molar-refractivity contribution is 7.90. The molecular formula is C18H28N4O3S. The zero-order valence-electron chi connectivity index (χ0n) is 15.4. The molecule has 8 heteroatoms. The van der Waals surface area contributed by atoms with Crippen LogP contribution in [0.2, 0.25) is 0 Å². The highest BCUT2D eigenvalue weighted by Gasteiger charge is 2.25. The molecule has 0 spiro atoms. The highest BCUT2D eigenvalue weighted by atomic mass is 32.2. The van der Waals surface area contributed by atoms with Crippen LogP contribution in [0.3, 0.4) is 0 Å². The number of amides is 1. The van der Waals surface area contributed by atoms with Crippen LogP contribution in [0.25, 0.3) is 0 Å². The summed E-state index contributed by atoms with van der Waals surface area (Å²) in [6.45, 7) is 3.17. The molecule has 1 saturated heterocycles. The van der Waals surface area contributed by atoms with E-state index in [9.17, 15) is 13.2 Å². The Morgan fingerprint density at radius 2 is 1.88 bits per heavy atom. The van der Waals surface area contributed by atoms with E-state index in [1.807, 2.05) is 4.90 Å². The third-order valence-electron chi connectivity index (χ3n) is 5.16. The van der Waals surface area contributed by atoms with Crippen LogP contribution in [0.5, 0.6) is 0 Å². The van der Waals surface area contributed by atoms with Gasteiger partial charge in [0.2, 0.25) is 5.91 Å². The minimum atomic E-state index is -3.31. The van der Waals surface area contributed by atoms with Gasteiger partial charge in [-0.2, -0.15) is 0 Å². The van der Waals surface area contributed by atoms with Crippen molar-refractivity contribution >= 4 is 21.6 Å². The van der Waals surface area contributed by atoms with Gasteiger partial charge in [-0.3, -0.25) is 9.69 Å². The maximum Gasteiger partial charge on any atom is 0.234 e. The number of carbonyl (C=O) groups excluding carboxylic acids is 1. The Morgan fingerprint density at radius 1 is 1.19 bits per heavy atom. The molecule has 26 heavy (non-hydrogen) atoms. The van der Waals surface area contributed by atoms with Gasteiger partial charge in [-0.25, -0.2) is 13.4 Å². The van der Waals surface area contributed by atoms with E-state index in [2.05, 4.69) is 15.2 Å². The van der Waals surface area contributed by atoms with Gasteiger partial charge in [-0.15, -0.1) is 0 Å². The molecular weight excluding hydrogens is 352 g/mol. The molecule has 1 aromatic rings. The summed E-state index contributed by atoms with van der Waals surface area (Å²) in [7, 11) is -3.31. The number of hydrogen-bond acceptors (Lipinski definition) is 6. The van der Waals surface area contributed by atoms with E-state index in [-0.39, 0.29) is 10.8 Å². The molecule has 0 radical (unpaired) electrons. The van der Waals surface area contributed by atoms with E-state index in [0.717, 1.165) is 25.9 Å². The first-order chi connectivity index (χ1) is 12.4. The van der Waals surface area contributed by atoms with Crippen molar-refractivity contribution in [3.05, 3.63) is 18.3 Å². The van der Waals surface area contributed by atoms with Crippen molar-refractivity contribution in [3.63, 3.8) is 0 Å². The van der Waals surface area contributed by atoms with Crippen LogP contribution >= 0.6 is 0 Å². The molecule has 3 rings (SSSR count). The Hall–Kier alpha value is -1.67. The third-order valence-corrected chi connectivity index (χ3v) is 6.28. The van der Waals surface area contributed by atoms with E-state index in [1.54, 1.807) is 18.3 Å². The van der Waals surface area contributed by atoms with E-state index >= 15 is 0 Å². The summed E-state index contributed by atoms with van der Waals surface area (Å²) in [5, 5.41) is 3.15. The number of rotatable bonds is 5. The number of sulfone groups is 1. The van der Waals surface area contributed by atoms with Crippen LogP contribution in [-0.4, -0.2) is 69.2 Å². The number of aromatic nitrogens is 1. The largest absolute Gasteiger partial charge is 0.353 e. The molecule has 1 aromatic heterocycles. The maximum atomic E-state index is 12.3. The summed E-state index contributed by atoms with van der Waals surface area (Å²) in [4.78, 5) is 20.9. The molecule has 144 valence electrons. The molecule has 1 saturated carbocycles. The van der Waals surface area contributed by atoms with E-state index in [4.69, 9.17) is 0 Å². The van der Waals surface area contributed by atoms with Gasteiger partial charge < -0.3 is 10.2 Å². The highest BCUT2D eigenvalue weighted by Crippen LogP contribution is 2.23. The van der Waals surface area contributed by atoms with E-state index in [0.29, 0.717) is 31.5 Å². The quantitative estimate of drug-likeness (QED) is 0.822. The van der Waals surface area contributed by atoms with E-state index < -0.39 is 9.84 Å². The Kier molecular flexibility index (Phi) is 6.13. The number of carbonyl (C=O) groups is 1. The average Bonchev–Trinajstić information content (AvgIpc) is 2.62. The van der Waals surface area contributed by atoms with Gasteiger partial charge in [-0.1, -0.05) is 19.3 Å². The molecule has 0 atom stereocenters. The first-order valence-corrected chi connectivity index (χ1v) is 11.2. The second-order valence-corrected chi connectivity index (χ2v) is 9.25.